The van der Waals surface area contributed by atoms with Crippen molar-refractivity contribution in [3.63, 3.8) is 0 Å². The van der Waals surface area contributed by atoms with Gasteiger partial charge in [-0.2, -0.15) is 0 Å². The highest BCUT2D eigenvalue weighted by atomic mass is 16.2. The van der Waals surface area contributed by atoms with Crippen molar-refractivity contribution >= 4 is 34.2 Å². The van der Waals surface area contributed by atoms with Crippen LogP contribution in [0.15, 0.2) is 71.5 Å². The molecule has 0 aliphatic heterocycles. The first kappa shape index (κ1) is 24.9. The van der Waals surface area contributed by atoms with Crippen molar-refractivity contribution in [1.82, 2.24) is 9.55 Å². The number of anilines is 2. The van der Waals surface area contributed by atoms with Crippen LogP contribution in [0.3, 0.4) is 0 Å². The normalized spacial score (nSPS) is 11.8. The minimum absolute atomic E-state index is 0.162. The number of amides is 2. The number of carbonyl (C=O) groups is 2. The molecule has 0 radical (unpaired) electrons. The average Bonchev–Trinajstić information content (AvgIpc) is 2.86. The van der Waals surface area contributed by atoms with Gasteiger partial charge in [-0.05, 0) is 62.2 Å². The Morgan fingerprint density at radius 1 is 0.917 bits per heavy atom. The summed E-state index contributed by atoms with van der Waals surface area (Å²) in [6.45, 7) is 7.51. The SMILES string of the molecule is CCC(=O)Nc1ccc(C)cc1-c1nc2ccccc2n([C@H](CC)C(=O)Nc2cccc(C)c2)c1=O. The summed E-state index contributed by atoms with van der Waals surface area (Å²) in [5, 5.41) is 5.84. The molecule has 0 unspecified atom stereocenters. The molecular weight excluding hydrogens is 452 g/mol. The van der Waals surface area contributed by atoms with E-state index in [0.29, 0.717) is 40.8 Å². The van der Waals surface area contributed by atoms with Crippen LogP contribution in [0.5, 0.6) is 0 Å². The Labute approximate surface area is 210 Å². The van der Waals surface area contributed by atoms with E-state index in [2.05, 4.69) is 10.6 Å². The maximum Gasteiger partial charge on any atom is 0.278 e. The van der Waals surface area contributed by atoms with Crippen LogP contribution in [0.2, 0.25) is 0 Å². The van der Waals surface area contributed by atoms with Crippen molar-refractivity contribution in [3.05, 3.63) is 88.2 Å². The van der Waals surface area contributed by atoms with Crippen LogP contribution in [-0.2, 0) is 9.59 Å². The number of benzene rings is 3. The fourth-order valence-electron chi connectivity index (χ4n) is 4.27. The second-order valence-electron chi connectivity index (χ2n) is 8.86. The summed E-state index contributed by atoms with van der Waals surface area (Å²) in [6, 6.07) is 19.6. The molecule has 4 rings (SSSR count). The highest BCUT2D eigenvalue weighted by molar-refractivity contribution is 5.97. The van der Waals surface area contributed by atoms with Crippen LogP contribution in [0.4, 0.5) is 11.4 Å². The largest absolute Gasteiger partial charge is 0.325 e. The minimum Gasteiger partial charge on any atom is -0.325 e. The van der Waals surface area contributed by atoms with Crippen molar-refractivity contribution in [1.29, 1.82) is 0 Å². The Morgan fingerprint density at radius 3 is 2.39 bits per heavy atom. The van der Waals surface area contributed by atoms with Crippen LogP contribution >= 0.6 is 0 Å². The summed E-state index contributed by atoms with van der Waals surface area (Å²) in [4.78, 5) is 44.4. The number of rotatable bonds is 7. The lowest BCUT2D eigenvalue weighted by atomic mass is 10.0. The molecule has 0 aliphatic rings. The first-order valence-electron chi connectivity index (χ1n) is 12.1. The smallest absolute Gasteiger partial charge is 0.278 e. The average molecular weight is 483 g/mol. The first-order chi connectivity index (χ1) is 17.3. The van der Waals surface area contributed by atoms with Crippen LogP contribution in [0.25, 0.3) is 22.3 Å². The number of carbonyl (C=O) groups excluding carboxylic acids is 2. The van der Waals surface area contributed by atoms with Crippen molar-refractivity contribution < 1.29 is 9.59 Å². The minimum atomic E-state index is -0.761. The first-order valence-corrected chi connectivity index (χ1v) is 12.1. The highest BCUT2D eigenvalue weighted by Crippen LogP contribution is 2.29. The van der Waals surface area contributed by atoms with Crippen LogP contribution in [-0.4, -0.2) is 21.4 Å². The molecule has 1 aromatic heterocycles. The summed E-state index contributed by atoms with van der Waals surface area (Å²) in [6.07, 6.45) is 0.706. The van der Waals surface area contributed by atoms with Crippen molar-refractivity contribution in [2.45, 2.75) is 46.6 Å². The molecule has 2 amide bonds. The summed E-state index contributed by atoms with van der Waals surface area (Å²) in [5.74, 6) is -0.443. The molecule has 1 heterocycles. The second kappa shape index (κ2) is 10.6. The predicted molar refractivity (Wildman–Crippen MR) is 144 cm³/mol. The zero-order valence-electron chi connectivity index (χ0n) is 21.0. The van der Waals surface area contributed by atoms with Crippen molar-refractivity contribution in [2.75, 3.05) is 10.6 Å². The van der Waals surface area contributed by atoms with E-state index in [1.54, 1.807) is 19.1 Å². The fraction of sp³-hybridized carbons (Fsp3) is 0.241. The standard InChI is InChI=1S/C29H30N4O3/c1-5-24(28(35)30-20-11-9-10-18(3)16-20)33-25-13-8-7-12-23(25)32-27(29(33)36)21-17-19(4)14-15-22(21)31-26(34)6-2/h7-17,24H,5-6H2,1-4H3,(H,30,35)(H,31,34)/t24-/m1/s1. The molecule has 3 aromatic carbocycles. The number of para-hydroxylation sites is 2. The number of aryl methyl sites for hydroxylation is 2. The predicted octanol–water partition coefficient (Wildman–Crippen LogP) is 5.62. The molecule has 1 atom stereocenters. The third-order valence-electron chi connectivity index (χ3n) is 6.11. The number of hydrogen-bond acceptors (Lipinski definition) is 4. The summed E-state index contributed by atoms with van der Waals surface area (Å²) < 4.78 is 1.52. The zero-order chi connectivity index (χ0) is 25.8. The van der Waals surface area contributed by atoms with Gasteiger partial charge in [0, 0.05) is 17.7 Å². The molecular formula is C29H30N4O3. The topological polar surface area (TPSA) is 93.1 Å². The lowest BCUT2D eigenvalue weighted by Gasteiger charge is -2.22. The Morgan fingerprint density at radius 2 is 1.67 bits per heavy atom. The van der Waals surface area contributed by atoms with Gasteiger partial charge in [-0.3, -0.25) is 19.0 Å². The number of fused-ring (bicyclic) bond motifs is 1. The number of hydrogen-bond donors (Lipinski definition) is 2. The van der Waals surface area contributed by atoms with Gasteiger partial charge in [-0.15, -0.1) is 0 Å². The van der Waals surface area contributed by atoms with E-state index < -0.39 is 11.6 Å². The van der Waals surface area contributed by atoms with Gasteiger partial charge in [0.1, 0.15) is 11.7 Å². The summed E-state index contributed by atoms with van der Waals surface area (Å²) in [7, 11) is 0. The van der Waals surface area contributed by atoms with Gasteiger partial charge in [-0.1, -0.05) is 49.7 Å². The van der Waals surface area contributed by atoms with Gasteiger partial charge in [0.25, 0.3) is 5.56 Å². The summed E-state index contributed by atoms with van der Waals surface area (Å²) >= 11 is 0. The van der Waals surface area contributed by atoms with Gasteiger partial charge in [0.05, 0.1) is 16.7 Å². The Kier molecular flexibility index (Phi) is 7.29. The monoisotopic (exact) mass is 482 g/mol. The molecule has 0 spiro atoms. The maximum atomic E-state index is 14.0. The summed E-state index contributed by atoms with van der Waals surface area (Å²) in [5.41, 5.74) is 4.61. The van der Waals surface area contributed by atoms with Gasteiger partial charge in [0.2, 0.25) is 11.8 Å². The number of aromatic nitrogens is 2. The van der Waals surface area contributed by atoms with Gasteiger partial charge in [0.15, 0.2) is 0 Å². The molecule has 0 fully saturated rings. The zero-order valence-corrected chi connectivity index (χ0v) is 21.0. The fourth-order valence-corrected chi connectivity index (χ4v) is 4.27. The van der Waals surface area contributed by atoms with Crippen LogP contribution in [0, 0.1) is 13.8 Å². The molecule has 0 bridgehead atoms. The van der Waals surface area contributed by atoms with E-state index in [4.69, 9.17) is 4.98 Å². The Hall–Kier alpha value is -4.26. The molecule has 0 saturated heterocycles. The number of nitrogens with zero attached hydrogens (tertiary/aromatic N) is 2. The Balaban J connectivity index is 1.90. The molecule has 0 saturated carbocycles. The van der Waals surface area contributed by atoms with Gasteiger partial charge in [-0.25, -0.2) is 4.98 Å². The quantitative estimate of drug-likeness (QED) is 0.358. The van der Waals surface area contributed by atoms with E-state index in [0.717, 1.165) is 11.1 Å². The molecule has 7 nitrogen and oxygen atoms in total. The third kappa shape index (κ3) is 5.05. The molecule has 4 aromatic rings. The van der Waals surface area contributed by atoms with E-state index >= 15 is 0 Å². The number of nitrogens with one attached hydrogen (secondary N) is 2. The molecule has 184 valence electrons. The molecule has 7 heteroatoms. The molecule has 2 N–H and O–H groups in total. The Bertz CT molecular complexity index is 1510. The lowest BCUT2D eigenvalue weighted by molar-refractivity contribution is -0.119. The second-order valence-corrected chi connectivity index (χ2v) is 8.86. The van der Waals surface area contributed by atoms with E-state index in [-0.39, 0.29) is 17.5 Å². The van der Waals surface area contributed by atoms with E-state index in [9.17, 15) is 14.4 Å². The lowest BCUT2D eigenvalue weighted by Crippen LogP contribution is -2.34. The van der Waals surface area contributed by atoms with Crippen LogP contribution < -0.4 is 16.2 Å². The van der Waals surface area contributed by atoms with Crippen molar-refractivity contribution in [3.8, 4) is 11.3 Å². The third-order valence-corrected chi connectivity index (χ3v) is 6.11. The highest BCUT2D eigenvalue weighted by Gasteiger charge is 2.25. The maximum absolute atomic E-state index is 14.0. The molecule has 0 aliphatic carbocycles. The van der Waals surface area contributed by atoms with Crippen molar-refractivity contribution in [2.24, 2.45) is 0 Å². The molecule has 36 heavy (non-hydrogen) atoms. The van der Waals surface area contributed by atoms with Gasteiger partial charge < -0.3 is 10.6 Å². The van der Waals surface area contributed by atoms with Gasteiger partial charge >= 0.3 is 0 Å². The van der Waals surface area contributed by atoms with E-state index in [1.165, 1.54) is 4.57 Å². The van der Waals surface area contributed by atoms with E-state index in [1.807, 2.05) is 75.4 Å². The van der Waals surface area contributed by atoms with Crippen LogP contribution in [0.1, 0.15) is 43.9 Å².